The van der Waals surface area contributed by atoms with Gasteiger partial charge in [0.05, 0.1) is 0 Å². The fraction of sp³-hybridized carbons (Fsp3) is 0.923. The van der Waals surface area contributed by atoms with E-state index in [1.807, 2.05) is 0 Å². The summed E-state index contributed by atoms with van der Waals surface area (Å²) in [6, 6.07) is 0. The average Bonchev–Trinajstić information content (AvgIpc) is 2.13. The molecule has 3 heteroatoms. The van der Waals surface area contributed by atoms with E-state index in [0.29, 0.717) is 6.42 Å². The molecule has 0 radical (unpaired) electrons. The summed E-state index contributed by atoms with van der Waals surface area (Å²) in [6.45, 7) is 10.2. The molecular formula is C13H25NO2. The molecule has 1 N–H and O–H groups in total. The topological polar surface area (TPSA) is 40.5 Å². The highest BCUT2D eigenvalue weighted by molar-refractivity contribution is 5.66. The Morgan fingerprint density at radius 1 is 1.38 bits per heavy atom. The van der Waals surface area contributed by atoms with Crippen molar-refractivity contribution in [1.82, 2.24) is 4.90 Å². The second-order valence-electron chi connectivity index (χ2n) is 5.84. The van der Waals surface area contributed by atoms with Crippen molar-refractivity contribution in [3.63, 3.8) is 0 Å². The smallest absolute Gasteiger partial charge is 0.303 e. The highest BCUT2D eigenvalue weighted by Gasteiger charge is 2.27. The molecule has 16 heavy (non-hydrogen) atoms. The van der Waals surface area contributed by atoms with E-state index in [9.17, 15) is 4.79 Å². The molecule has 0 aromatic heterocycles. The maximum absolute atomic E-state index is 10.5. The molecule has 1 heterocycles. The van der Waals surface area contributed by atoms with E-state index >= 15 is 0 Å². The first-order valence-corrected chi connectivity index (χ1v) is 6.37. The summed E-state index contributed by atoms with van der Waals surface area (Å²) < 4.78 is 0. The van der Waals surface area contributed by atoms with E-state index in [2.05, 4.69) is 25.7 Å². The maximum Gasteiger partial charge on any atom is 0.303 e. The molecule has 0 spiro atoms. The number of carboxylic acids is 1. The van der Waals surface area contributed by atoms with Gasteiger partial charge in [0, 0.05) is 19.5 Å². The molecule has 1 fully saturated rings. The van der Waals surface area contributed by atoms with Crippen molar-refractivity contribution in [2.45, 2.75) is 46.5 Å². The van der Waals surface area contributed by atoms with Crippen LogP contribution in [0.2, 0.25) is 0 Å². The summed E-state index contributed by atoms with van der Waals surface area (Å²) in [4.78, 5) is 13.0. The summed E-state index contributed by atoms with van der Waals surface area (Å²) in [5, 5.41) is 8.67. The third kappa shape index (κ3) is 4.52. The van der Waals surface area contributed by atoms with E-state index < -0.39 is 5.97 Å². The lowest BCUT2D eigenvalue weighted by Gasteiger charge is -2.40. The van der Waals surface area contributed by atoms with E-state index in [4.69, 9.17) is 5.11 Å². The molecule has 0 aromatic carbocycles. The normalized spacial score (nSPS) is 18.4. The lowest BCUT2D eigenvalue weighted by atomic mass is 9.83. The molecular weight excluding hydrogens is 202 g/mol. The zero-order valence-electron chi connectivity index (χ0n) is 10.8. The van der Waals surface area contributed by atoms with Crippen molar-refractivity contribution in [3.8, 4) is 0 Å². The van der Waals surface area contributed by atoms with Crippen LogP contribution < -0.4 is 0 Å². The largest absolute Gasteiger partial charge is 0.481 e. The van der Waals surface area contributed by atoms with Gasteiger partial charge in [-0.3, -0.25) is 4.79 Å². The standard InChI is InChI=1S/C13H25NO2/c1-4-11-9-14(10-11)8-7-13(2,3)6-5-12(15)16/h11H,4-10H2,1-3H3,(H,15,16). The molecule has 0 aromatic rings. The summed E-state index contributed by atoms with van der Waals surface area (Å²) in [5.74, 6) is 0.227. The second kappa shape index (κ2) is 5.67. The predicted molar refractivity (Wildman–Crippen MR) is 65.5 cm³/mol. The Morgan fingerprint density at radius 3 is 2.50 bits per heavy atom. The Bertz CT molecular complexity index is 232. The van der Waals surface area contributed by atoms with Crippen LogP contribution in [0.1, 0.15) is 46.5 Å². The van der Waals surface area contributed by atoms with Crippen molar-refractivity contribution in [1.29, 1.82) is 0 Å². The zero-order valence-corrected chi connectivity index (χ0v) is 10.8. The van der Waals surface area contributed by atoms with Gasteiger partial charge in [0.2, 0.25) is 0 Å². The summed E-state index contributed by atoms with van der Waals surface area (Å²) in [5.41, 5.74) is 0.162. The second-order valence-corrected chi connectivity index (χ2v) is 5.84. The van der Waals surface area contributed by atoms with Gasteiger partial charge in [-0.05, 0) is 30.7 Å². The molecule has 1 aliphatic rings. The molecule has 0 saturated carbocycles. The number of carbonyl (C=O) groups is 1. The van der Waals surface area contributed by atoms with Crippen molar-refractivity contribution < 1.29 is 9.90 Å². The molecule has 1 aliphatic heterocycles. The van der Waals surface area contributed by atoms with Crippen LogP contribution in [0, 0.1) is 11.3 Å². The van der Waals surface area contributed by atoms with Gasteiger partial charge in [0.25, 0.3) is 0 Å². The molecule has 3 nitrogen and oxygen atoms in total. The summed E-state index contributed by atoms with van der Waals surface area (Å²) in [7, 11) is 0. The van der Waals surface area contributed by atoms with Crippen LogP contribution in [-0.4, -0.2) is 35.6 Å². The van der Waals surface area contributed by atoms with Gasteiger partial charge in [-0.2, -0.15) is 0 Å². The van der Waals surface area contributed by atoms with Crippen molar-refractivity contribution >= 4 is 5.97 Å². The third-order valence-corrected chi connectivity index (χ3v) is 3.73. The summed E-state index contributed by atoms with van der Waals surface area (Å²) >= 11 is 0. The third-order valence-electron chi connectivity index (χ3n) is 3.73. The fourth-order valence-corrected chi connectivity index (χ4v) is 2.15. The zero-order chi connectivity index (χ0) is 12.2. The lowest BCUT2D eigenvalue weighted by molar-refractivity contribution is -0.137. The van der Waals surface area contributed by atoms with Crippen LogP contribution in [0.4, 0.5) is 0 Å². The number of aliphatic carboxylic acids is 1. The molecule has 0 bridgehead atoms. The average molecular weight is 227 g/mol. The number of hydrogen-bond acceptors (Lipinski definition) is 2. The van der Waals surface area contributed by atoms with Crippen LogP contribution in [-0.2, 0) is 4.79 Å². The Balaban J connectivity index is 2.13. The first-order valence-electron chi connectivity index (χ1n) is 6.37. The van der Waals surface area contributed by atoms with Gasteiger partial charge in [0.1, 0.15) is 0 Å². The van der Waals surface area contributed by atoms with Crippen LogP contribution in [0.3, 0.4) is 0 Å². The van der Waals surface area contributed by atoms with Gasteiger partial charge in [-0.15, -0.1) is 0 Å². The fourth-order valence-electron chi connectivity index (χ4n) is 2.15. The Morgan fingerprint density at radius 2 is 2.00 bits per heavy atom. The number of likely N-dealkylation sites (tertiary alicyclic amines) is 1. The van der Waals surface area contributed by atoms with E-state index in [1.54, 1.807) is 0 Å². The van der Waals surface area contributed by atoms with Gasteiger partial charge in [-0.25, -0.2) is 0 Å². The quantitative estimate of drug-likeness (QED) is 0.727. The SMILES string of the molecule is CCC1CN(CCC(C)(C)CCC(=O)O)C1. The molecule has 0 unspecified atom stereocenters. The molecule has 1 rings (SSSR count). The van der Waals surface area contributed by atoms with Crippen molar-refractivity contribution in [2.75, 3.05) is 19.6 Å². The van der Waals surface area contributed by atoms with Crippen molar-refractivity contribution in [3.05, 3.63) is 0 Å². The Labute approximate surface area is 98.8 Å². The van der Waals surface area contributed by atoms with Crippen molar-refractivity contribution in [2.24, 2.45) is 11.3 Å². The van der Waals surface area contributed by atoms with Crippen LogP contribution >= 0.6 is 0 Å². The first-order chi connectivity index (χ1) is 7.43. The van der Waals surface area contributed by atoms with Gasteiger partial charge in [-0.1, -0.05) is 27.2 Å². The Hall–Kier alpha value is -0.570. The van der Waals surface area contributed by atoms with E-state index in [0.717, 1.165) is 25.3 Å². The highest BCUT2D eigenvalue weighted by atomic mass is 16.4. The number of carboxylic acid groups (broad SMARTS) is 1. The minimum Gasteiger partial charge on any atom is -0.481 e. The van der Waals surface area contributed by atoms with Crippen LogP contribution in [0.5, 0.6) is 0 Å². The first kappa shape index (κ1) is 13.5. The lowest BCUT2D eigenvalue weighted by Crippen LogP contribution is -2.47. The Kier molecular flexibility index (Phi) is 4.78. The van der Waals surface area contributed by atoms with Crippen LogP contribution in [0.15, 0.2) is 0 Å². The molecule has 1 saturated heterocycles. The van der Waals surface area contributed by atoms with Gasteiger partial charge in [0.15, 0.2) is 0 Å². The van der Waals surface area contributed by atoms with Crippen LogP contribution in [0.25, 0.3) is 0 Å². The predicted octanol–water partition coefficient (Wildman–Crippen LogP) is 2.61. The number of rotatable bonds is 7. The summed E-state index contributed by atoms with van der Waals surface area (Å²) in [6.07, 6.45) is 3.48. The molecule has 94 valence electrons. The van der Waals surface area contributed by atoms with E-state index in [1.165, 1.54) is 19.5 Å². The molecule has 0 atom stereocenters. The van der Waals surface area contributed by atoms with Gasteiger partial charge >= 0.3 is 5.97 Å². The number of hydrogen-bond donors (Lipinski definition) is 1. The van der Waals surface area contributed by atoms with E-state index in [-0.39, 0.29) is 5.41 Å². The monoisotopic (exact) mass is 227 g/mol. The highest BCUT2D eigenvalue weighted by Crippen LogP contribution is 2.29. The number of nitrogens with zero attached hydrogens (tertiary/aromatic N) is 1. The molecule has 0 aliphatic carbocycles. The molecule has 0 amide bonds. The minimum atomic E-state index is -0.678. The maximum atomic E-state index is 10.5. The minimum absolute atomic E-state index is 0.162. The van der Waals surface area contributed by atoms with Gasteiger partial charge < -0.3 is 10.0 Å².